The first-order valence-electron chi connectivity index (χ1n) is 14.3. The Kier molecular flexibility index (Phi) is 7.63. The lowest BCUT2D eigenvalue weighted by Gasteiger charge is -2.44. The van der Waals surface area contributed by atoms with Crippen LogP contribution in [0.25, 0.3) is 11.4 Å². The van der Waals surface area contributed by atoms with Gasteiger partial charge in [0.15, 0.2) is 6.29 Å². The van der Waals surface area contributed by atoms with E-state index in [0.717, 1.165) is 50.2 Å². The second kappa shape index (κ2) is 11.4. The predicted molar refractivity (Wildman–Crippen MR) is 155 cm³/mol. The minimum Gasteiger partial charge on any atom is -0.347 e. The maximum Gasteiger partial charge on any atom is 0.416 e. The first kappa shape index (κ1) is 28.2. The standard InChI is InChI=1S/C31H34F3N7O/c1-20(21-7-4-3-5-8-21)35-30-38-27(13-14-39(30)2)41-19-26(29(42)37-25-18-40-15-11-22(25)12-16-40)36-28(41)23-9-6-10-24(17-23)31(32,33)34/h3-10,13-14,17,19-20,22,25,30,35H,11-12,15-16,18H2,1-2H3,(H,37,42)/t20?,25-,30?/m1/s1. The number of piperidine rings is 3. The van der Waals surface area contributed by atoms with Crippen LogP contribution in [0, 0.1) is 5.92 Å². The number of rotatable bonds is 6. The Hall–Kier alpha value is -3.96. The summed E-state index contributed by atoms with van der Waals surface area (Å²) in [6.45, 7) is 4.93. The predicted octanol–water partition coefficient (Wildman–Crippen LogP) is 4.73. The van der Waals surface area contributed by atoms with E-state index < -0.39 is 18.0 Å². The number of aliphatic imine (C=N–C) groups is 1. The van der Waals surface area contributed by atoms with Crippen LogP contribution in [0.4, 0.5) is 13.2 Å². The summed E-state index contributed by atoms with van der Waals surface area (Å²) >= 11 is 0. The van der Waals surface area contributed by atoms with Gasteiger partial charge < -0.3 is 15.1 Å². The van der Waals surface area contributed by atoms with Crippen LogP contribution in [-0.2, 0) is 6.18 Å². The van der Waals surface area contributed by atoms with Crippen molar-refractivity contribution >= 4 is 11.7 Å². The summed E-state index contributed by atoms with van der Waals surface area (Å²) in [6, 6.07) is 15.0. The molecule has 3 atom stereocenters. The van der Waals surface area contributed by atoms with Crippen LogP contribution in [0.3, 0.4) is 0 Å². The number of fused-ring (bicyclic) bond motifs is 3. The lowest BCUT2D eigenvalue weighted by atomic mass is 9.84. The van der Waals surface area contributed by atoms with Crippen molar-refractivity contribution in [2.45, 2.75) is 44.3 Å². The molecule has 1 aromatic heterocycles. The second-order valence-corrected chi connectivity index (χ2v) is 11.3. The quantitative estimate of drug-likeness (QED) is 0.443. The summed E-state index contributed by atoms with van der Waals surface area (Å²) in [6.07, 6.45) is 2.29. The van der Waals surface area contributed by atoms with Gasteiger partial charge in [-0.05, 0) is 62.5 Å². The third-order valence-electron chi connectivity index (χ3n) is 8.40. The summed E-state index contributed by atoms with van der Waals surface area (Å²) in [4.78, 5) is 27.2. The highest BCUT2D eigenvalue weighted by Crippen LogP contribution is 2.33. The van der Waals surface area contributed by atoms with Crippen molar-refractivity contribution in [1.29, 1.82) is 0 Å². The molecule has 2 aromatic carbocycles. The Morgan fingerprint density at radius 3 is 2.52 bits per heavy atom. The Balaban J connectivity index is 1.34. The topological polar surface area (TPSA) is 77.8 Å². The molecule has 220 valence electrons. The van der Waals surface area contributed by atoms with Gasteiger partial charge in [0.25, 0.3) is 5.91 Å². The van der Waals surface area contributed by atoms with Crippen LogP contribution < -0.4 is 10.6 Å². The number of imidazole rings is 1. The van der Waals surface area contributed by atoms with Crippen molar-refractivity contribution in [2.75, 3.05) is 26.7 Å². The molecule has 3 saturated heterocycles. The van der Waals surface area contributed by atoms with Gasteiger partial charge in [-0.1, -0.05) is 42.5 Å². The van der Waals surface area contributed by atoms with E-state index in [1.54, 1.807) is 22.9 Å². The summed E-state index contributed by atoms with van der Waals surface area (Å²) in [5, 5.41) is 6.64. The number of benzene rings is 2. The molecule has 4 aliphatic heterocycles. The number of aromatic nitrogens is 2. The van der Waals surface area contributed by atoms with Crippen molar-refractivity contribution in [3.63, 3.8) is 0 Å². The van der Waals surface area contributed by atoms with Crippen molar-refractivity contribution in [3.05, 3.63) is 89.9 Å². The molecule has 2 unspecified atom stereocenters. The van der Waals surface area contributed by atoms with Gasteiger partial charge in [-0.2, -0.15) is 13.2 Å². The number of carbonyl (C=O) groups is 1. The minimum atomic E-state index is -4.52. The number of nitrogens with one attached hydrogen (secondary N) is 2. The average molecular weight is 578 g/mol. The molecule has 7 rings (SSSR count). The highest BCUT2D eigenvalue weighted by molar-refractivity contribution is 6.00. The van der Waals surface area contributed by atoms with Crippen LogP contribution in [0.2, 0.25) is 0 Å². The zero-order chi connectivity index (χ0) is 29.4. The largest absolute Gasteiger partial charge is 0.416 e. The monoisotopic (exact) mass is 577 g/mol. The first-order chi connectivity index (χ1) is 20.2. The summed E-state index contributed by atoms with van der Waals surface area (Å²) < 4.78 is 42.5. The van der Waals surface area contributed by atoms with Gasteiger partial charge in [-0.15, -0.1) is 0 Å². The van der Waals surface area contributed by atoms with Gasteiger partial charge in [0.2, 0.25) is 0 Å². The molecule has 8 nitrogen and oxygen atoms in total. The Bertz CT molecular complexity index is 1490. The molecule has 4 aliphatic rings. The maximum absolute atomic E-state index is 13.6. The van der Waals surface area contributed by atoms with Crippen LogP contribution in [0.5, 0.6) is 0 Å². The van der Waals surface area contributed by atoms with E-state index in [1.165, 1.54) is 6.07 Å². The van der Waals surface area contributed by atoms with Crippen LogP contribution in [-0.4, -0.2) is 70.1 Å². The SMILES string of the molecule is CC(NC1N=C(n2cc(C(=O)N[C@@H]3CN4CCC3CC4)nc2-c2cccc(C(F)(F)F)c2)C=CN1C)c1ccccc1. The highest BCUT2D eigenvalue weighted by atomic mass is 19.4. The molecule has 11 heteroatoms. The number of hydrogen-bond acceptors (Lipinski definition) is 6. The number of allylic oxidation sites excluding steroid dienone is 1. The van der Waals surface area contributed by atoms with Crippen LogP contribution >= 0.6 is 0 Å². The fraction of sp³-hybridized carbons (Fsp3) is 0.387. The number of alkyl halides is 3. The Morgan fingerprint density at radius 2 is 1.83 bits per heavy atom. The fourth-order valence-electron chi connectivity index (χ4n) is 5.96. The Morgan fingerprint density at radius 1 is 1.07 bits per heavy atom. The summed E-state index contributed by atoms with van der Waals surface area (Å²) in [5.41, 5.74) is 0.682. The smallest absolute Gasteiger partial charge is 0.347 e. The second-order valence-electron chi connectivity index (χ2n) is 11.3. The molecular formula is C31H34F3N7O. The van der Waals surface area contributed by atoms with Crippen molar-refractivity contribution in [2.24, 2.45) is 10.9 Å². The number of hydrogen-bond donors (Lipinski definition) is 2. The average Bonchev–Trinajstić information content (AvgIpc) is 3.45. The third kappa shape index (κ3) is 5.84. The molecule has 3 fully saturated rings. The van der Waals surface area contributed by atoms with Crippen molar-refractivity contribution in [1.82, 2.24) is 30.0 Å². The number of halogens is 3. The first-order valence-corrected chi connectivity index (χ1v) is 14.3. The van der Waals surface area contributed by atoms with Crippen LogP contribution in [0.1, 0.15) is 47.4 Å². The zero-order valence-electron chi connectivity index (χ0n) is 23.6. The van der Waals surface area contributed by atoms with Crippen LogP contribution in [0.15, 0.2) is 78.1 Å². The molecule has 3 aromatic rings. The minimum absolute atomic E-state index is 0.0239. The molecule has 0 spiro atoms. The van der Waals surface area contributed by atoms with Gasteiger partial charge in [0.1, 0.15) is 17.4 Å². The summed E-state index contributed by atoms with van der Waals surface area (Å²) in [5.74, 6) is 0.741. The molecule has 2 bridgehead atoms. The van der Waals surface area contributed by atoms with Gasteiger partial charge in [0.05, 0.1) is 5.56 Å². The molecule has 42 heavy (non-hydrogen) atoms. The third-order valence-corrected chi connectivity index (χ3v) is 8.40. The fourth-order valence-corrected chi connectivity index (χ4v) is 5.96. The lowest BCUT2D eigenvalue weighted by molar-refractivity contribution is -0.137. The Labute approximate surface area is 242 Å². The van der Waals surface area contributed by atoms with E-state index in [2.05, 4.69) is 20.5 Å². The molecule has 0 saturated carbocycles. The highest BCUT2D eigenvalue weighted by Gasteiger charge is 2.36. The van der Waals surface area contributed by atoms with E-state index in [1.807, 2.05) is 55.4 Å². The van der Waals surface area contributed by atoms with E-state index in [-0.39, 0.29) is 35.1 Å². The number of amides is 1. The lowest BCUT2D eigenvalue weighted by Crippen LogP contribution is -2.57. The van der Waals surface area contributed by atoms with Gasteiger partial charge >= 0.3 is 6.18 Å². The number of nitrogens with zero attached hydrogens (tertiary/aromatic N) is 5. The normalized spacial score (nSPS) is 24.4. The van der Waals surface area contributed by atoms with Crippen molar-refractivity contribution < 1.29 is 18.0 Å². The van der Waals surface area contributed by atoms with E-state index in [0.29, 0.717) is 11.8 Å². The number of carbonyl (C=O) groups excluding carboxylic acids is 1. The van der Waals surface area contributed by atoms with E-state index in [4.69, 9.17) is 4.99 Å². The van der Waals surface area contributed by atoms with Gasteiger partial charge in [-0.25, -0.2) is 9.98 Å². The molecule has 1 amide bonds. The van der Waals surface area contributed by atoms with Crippen molar-refractivity contribution in [3.8, 4) is 11.4 Å². The van der Waals surface area contributed by atoms with Gasteiger partial charge in [0, 0.05) is 43.6 Å². The molecule has 2 N–H and O–H groups in total. The molecule has 0 radical (unpaired) electrons. The molecular weight excluding hydrogens is 543 g/mol. The van der Waals surface area contributed by atoms with E-state index >= 15 is 0 Å². The molecule has 5 heterocycles. The molecule has 0 aliphatic carbocycles. The summed E-state index contributed by atoms with van der Waals surface area (Å²) in [7, 11) is 1.89. The van der Waals surface area contributed by atoms with Gasteiger partial charge in [-0.3, -0.25) is 14.7 Å². The zero-order valence-corrected chi connectivity index (χ0v) is 23.6. The maximum atomic E-state index is 13.6. The van der Waals surface area contributed by atoms with E-state index in [9.17, 15) is 18.0 Å².